The Labute approximate surface area is 183 Å². The van der Waals surface area contributed by atoms with Gasteiger partial charge >= 0.3 is 30.2 Å². The minimum absolute atomic E-state index is 0. The monoisotopic (exact) mass is 458 g/mol. The van der Waals surface area contributed by atoms with Crippen molar-refractivity contribution in [1.82, 2.24) is 0 Å². The molecule has 0 bridgehead atoms. The van der Waals surface area contributed by atoms with Crippen molar-refractivity contribution in [3.05, 3.63) is 52.5 Å². The standard InChI is InChI=1S/C22H29.C2H5O.H2Si.Zr/c1-15(2)22(20-13-11-16-7-3-5-9-18(16)20)21-14-12-17-8-4-6-10-19(17)21;1-2-3;;/h11-14,20-22H,3-10H2,1-2H3;2H2,1H3;1H2;/q2*-1;;+2. The van der Waals surface area contributed by atoms with Crippen LogP contribution in [0.4, 0.5) is 0 Å². The molecule has 4 rings (SSSR count). The zero-order valence-electron chi connectivity index (χ0n) is 17.5. The Balaban J connectivity index is 0.000000478. The Morgan fingerprint density at radius 3 is 1.67 bits per heavy atom. The Morgan fingerprint density at radius 1 is 0.926 bits per heavy atom. The first-order chi connectivity index (χ1) is 13.2. The van der Waals surface area contributed by atoms with E-state index in [1.165, 1.54) is 51.4 Å². The van der Waals surface area contributed by atoms with Crippen molar-refractivity contribution in [2.45, 2.75) is 72.1 Å². The second kappa shape index (κ2) is 11.9. The van der Waals surface area contributed by atoms with Gasteiger partial charge in [0, 0.05) is 0 Å². The molecule has 0 aliphatic heterocycles. The van der Waals surface area contributed by atoms with E-state index >= 15 is 0 Å². The summed E-state index contributed by atoms with van der Waals surface area (Å²) in [4.78, 5) is 0. The average molecular weight is 460 g/mol. The van der Waals surface area contributed by atoms with Gasteiger partial charge in [-0.15, -0.1) is 12.5 Å². The van der Waals surface area contributed by atoms with E-state index in [-0.39, 0.29) is 6.61 Å². The molecule has 0 N–H and O–H groups in total. The molecule has 0 aromatic rings. The van der Waals surface area contributed by atoms with Crippen molar-refractivity contribution in [3.63, 3.8) is 0 Å². The maximum atomic E-state index is 8.93. The molecule has 1 nitrogen and oxygen atoms in total. The van der Waals surface area contributed by atoms with E-state index in [1.807, 2.05) is 6.88 Å². The molecule has 0 aromatic carbocycles. The molecule has 0 radical (unpaired) electrons. The summed E-state index contributed by atoms with van der Waals surface area (Å²) in [7, 11) is 0. The molecule has 0 aromatic heterocycles. The summed E-state index contributed by atoms with van der Waals surface area (Å²) < 4.78 is 0. The SMILES string of the molecule is CC[O-].C[C-](C)C(C1C=CC2=C1CCCC2)C1C=CC2=C1CCCC2.[SiH2]=[Zr+2]. The third-order valence-corrected chi connectivity index (χ3v) is 6.36. The number of allylic oxidation sites excluding steroid dienone is 8. The first-order valence-electron chi connectivity index (χ1n) is 10.7. The molecule has 0 amide bonds. The molecule has 0 spiro atoms. The summed E-state index contributed by atoms with van der Waals surface area (Å²) in [5, 5.41) is 8.93. The molecule has 0 heterocycles. The topological polar surface area (TPSA) is 23.1 Å². The van der Waals surface area contributed by atoms with Crippen LogP contribution in [-0.2, 0) is 23.3 Å². The summed E-state index contributed by atoms with van der Waals surface area (Å²) in [6.45, 7) is 8.26. The van der Waals surface area contributed by atoms with Crippen molar-refractivity contribution in [2.75, 3.05) is 6.61 Å². The molecule has 0 saturated carbocycles. The molecular weight excluding hydrogens is 424 g/mol. The van der Waals surface area contributed by atoms with E-state index in [0.29, 0.717) is 17.8 Å². The number of rotatable bonds is 3. The van der Waals surface area contributed by atoms with E-state index in [0.717, 1.165) is 0 Å². The minimum atomic E-state index is 0. The van der Waals surface area contributed by atoms with Crippen molar-refractivity contribution in [3.8, 4) is 0 Å². The zero-order chi connectivity index (χ0) is 19.8. The van der Waals surface area contributed by atoms with Crippen LogP contribution in [-0.4, -0.2) is 13.5 Å². The Kier molecular flexibility index (Phi) is 10.3. The molecule has 4 aliphatic rings. The fourth-order valence-corrected chi connectivity index (χ4v) is 5.33. The molecule has 2 unspecified atom stereocenters. The van der Waals surface area contributed by atoms with Gasteiger partial charge in [-0.25, -0.2) is 0 Å². The summed E-state index contributed by atoms with van der Waals surface area (Å²) in [6.07, 6.45) is 21.0. The molecule has 146 valence electrons. The summed E-state index contributed by atoms with van der Waals surface area (Å²) in [6, 6.07) is 0. The normalized spacial score (nSPS) is 26.9. The third kappa shape index (κ3) is 5.55. The van der Waals surface area contributed by atoms with Crippen LogP contribution in [0.15, 0.2) is 46.6 Å². The third-order valence-electron chi connectivity index (χ3n) is 6.36. The van der Waals surface area contributed by atoms with Crippen LogP contribution in [0.3, 0.4) is 0 Å². The van der Waals surface area contributed by atoms with Crippen LogP contribution in [0.1, 0.15) is 72.1 Å². The van der Waals surface area contributed by atoms with Gasteiger partial charge in [0.05, 0.1) is 0 Å². The van der Waals surface area contributed by atoms with E-state index in [9.17, 15) is 0 Å². The van der Waals surface area contributed by atoms with E-state index in [2.05, 4.69) is 38.2 Å². The summed E-state index contributed by atoms with van der Waals surface area (Å²) >= 11 is 1.58. The van der Waals surface area contributed by atoms with E-state index in [4.69, 9.17) is 5.11 Å². The summed E-state index contributed by atoms with van der Waals surface area (Å²) in [5.41, 5.74) is 6.94. The molecular formula is C24H36OSiZr. The van der Waals surface area contributed by atoms with Crippen molar-refractivity contribution < 1.29 is 28.4 Å². The van der Waals surface area contributed by atoms with Gasteiger partial charge in [-0.3, -0.25) is 0 Å². The number of hydrogen-bond donors (Lipinski definition) is 0. The summed E-state index contributed by atoms with van der Waals surface area (Å²) in [5.74, 6) is 3.69. The molecule has 27 heavy (non-hydrogen) atoms. The molecule has 2 atom stereocenters. The van der Waals surface area contributed by atoms with E-state index < -0.39 is 0 Å². The predicted molar refractivity (Wildman–Crippen MR) is 113 cm³/mol. The van der Waals surface area contributed by atoms with Gasteiger partial charge in [0.15, 0.2) is 0 Å². The van der Waals surface area contributed by atoms with Crippen LogP contribution in [0.2, 0.25) is 0 Å². The Morgan fingerprint density at radius 2 is 1.30 bits per heavy atom. The quantitative estimate of drug-likeness (QED) is 0.440. The fourth-order valence-electron chi connectivity index (χ4n) is 5.33. The van der Waals surface area contributed by atoms with Crippen LogP contribution in [0.25, 0.3) is 0 Å². The van der Waals surface area contributed by atoms with Gasteiger partial charge in [0.2, 0.25) is 0 Å². The van der Waals surface area contributed by atoms with Crippen LogP contribution >= 0.6 is 0 Å². The zero-order valence-corrected chi connectivity index (χ0v) is 21.4. The molecule has 3 heteroatoms. The van der Waals surface area contributed by atoms with Crippen LogP contribution < -0.4 is 5.11 Å². The van der Waals surface area contributed by atoms with Crippen molar-refractivity contribution in [2.24, 2.45) is 17.8 Å². The predicted octanol–water partition coefficient (Wildman–Crippen LogP) is 4.78. The van der Waals surface area contributed by atoms with Crippen molar-refractivity contribution in [1.29, 1.82) is 0 Å². The molecule has 0 saturated heterocycles. The van der Waals surface area contributed by atoms with Gasteiger partial charge in [0.1, 0.15) is 0 Å². The second-order valence-electron chi connectivity index (χ2n) is 8.18. The van der Waals surface area contributed by atoms with Gasteiger partial charge in [-0.2, -0.15) is 13.8 Å². The Hall–Kier alpha value is 0.0200. The maximum absolute atomic E-state index is 8.93. The van der Waals surface area contributed by atoms with E-state index in [1.54, 1.807) is 58.5 Å². The Bertz CT molecular complexity index is 566. The van der Waals surface area contributed by atoms with Crippen LogP contribution in [0, 0.1) is 23.7 Å². The van der Waals surface area contributed by atoms with Gasteiger partial charge in [-0.1, -0.05) is 42.4 Å². The van der Waals surface area contributed by atoms with Crippen molar-refractivity contribution >= 4 is 6.88 Å². The average Bonchev–Trinajstić information content (AvgIpc) is 3.30. The van der Waals surface area contributed by atoms with Gasteiger partial charge in [0.25, 0.3) is 0 Å². The first-order valence-corrected chi connectivity index (χ1v) is 16.6. The first kappa shape index (κ1) is 23.3. The van der Waals surface area contributed by atoms with Crippen LogP contribution in [0.5, 0.6) is 0 Å². The number of hydrogen-bond acceptors (Lipinski definition) is 1. The molecule has 4 aliphatic carbocycles. The fraction of sp³-hybridized carbons (Fsp3) is 0.625. The molecule has 0 fully saturated rings. The van der Waals surface area contributed by atoms with Gasteiger partial charge in [-0.05, 0) is 74.3 Å². The van der Waals surface area contributed by atoms with Gasteiger partial charge < -0.3 is 11.0 Å². The second-order valence-corrected chi connectivity index (χ2v) is 8.18.